The van der Waals surface area contributed by atoms with Crippen LogP contribution in [0.15, 0.2) is 67.0 Å². The molecule has 2 N–H and O–H groups in total. The summed E-state index contributed by atoms with van der Waals surface area (Å²) in [5.74, 6) is 1.21. The SMILES string of the molecule is CN(C)C/C=C/C(=O)N1CCCC(n2nc(-c3ccc(OC4C=CC=CC4)cc3)c3c(N)ncnc32)C1. The van der Waals surface area contributed by atoms with E-state index in [0.29, 0.717) is 18.0 Å². The van der Waals surface area contributed by atoms with Crippen molar-refractivity contribution in [3.05, 3.63) is 67.0 Å². The highest BCUT2D eigenvalue weighted by Gasteiger charge is 2.28. The van der Waals surface area contributed by atoms with Crippen molar-refractivity contribution in [2.24, 2.45) is 0 Å². The number of benzene rings is 1. The Bertz CT molecular complexity index is 1340. The number of likely N-dealkylation sites (tertiary alicyclic amines) is 1. The van der Waals surface area contributed by atoms with Crippen LogP contribution in [0.4, 0.5) is 5.82 Å². The molecule has 3 aromatic rings. The van der Waals surface area contributed by atoms with E-state index in [1.807, 2.05) is 71.1 Å². The lowest BCUT2D eigenvalue weighted by Gasteiger charge is -2.32. The summed E-state index contributed by atoms with van der Waals surface area (Å²) in [7, 11) is 3.96. The summed E-state index contributed by atoms with van der Waals surface area (Å²) in [5.41, 5.74) is 8.65. The van der Waals surface area contributed by atoms with Gasteiger partial charge in [0, 0.05) is 37.7 Å². The highest BCUT2D eigenvalue weighted by atomic mass is 16.5. The lowest BCUT2D eigenvalue weighted by atomic mass is 10.1. The zero-order chi connectivity index (χ0) is 25.8. The van der Waals surface area contributed by atoms with Crippen LogP contribution in [-0.4, -0.2) is 75.3 Å². The van der Waals surface area contributed by atoms with Gasteiger partial charge in [0.15, 0.2) is 5.65 Å². The van der Waals surface area contributed by atoms with Crippen LogP contribution in [0.1, 0.15) is 25.3 Å². The number of fused-ring (bicyclic) bond motifs is 1. The molecule has 3 heterocycles. The number of ether oxygens (including phenoxy) is 1. The number of nitrogens with two attached hydrogens (primary N) is 1. The van der Waals surface area contributed by atoms with E-state index in [1.165, 1.54) is 6.33 Å². The van der Waals surface area contributed by atoms with Gasteiger partial charge in [-0.25, -0.2) is 14.6 Å². The highest BCUT2D eigenvalue weighted by molar-refractivity contribution is 5.98. The van der Waals surface area contributed by atoms with E-state index in [9.17, 15) is 4.79 Å². The fraction of sp³-hybridized carbons (Fsp3) is 0.357. The molecule has 5 rings (SSSR count). The summed E-state index contributed by atoms with van der Waals surface area (Å²) in [6.45, 7) is 2.03. The van der Waals surface area contributed by atoms with Crippen molar-refractivity contribution in [3.63, 3.8) is 0 Å². The lowest BCUT2D eigenvalue weighted by molar-refractivity contribution is -0.127. The molecular weight excluding hydrogens is 466 g/mol. The molecule has 1 aliphatic heterocycles. The topological polar surface area (TPSA) is 102 Å². The molecule has 2 atom stereocenters. The highest BCUT2D eigenvalue weighted by Crippen LogP contribution is 2.34. The normalized spacial score (nSPS) is 19.8. The third-order valence-electron chi connectivity index (χ3n) is 6.66. The van der Waals surface area contributed by atoms with Crippen LogP contribution in [-0.2, 0) is 4.79 Å². The molecular formula is C28H33N7O2. The summed E-state index contributed by atoms with van der Waals surface area (Å²) in [6, 6.07) is 7.88. The molecule has 0 saturated carbocycles. The minimum Gasteiger partial charge on any atom is -0.486 e. The zero-order valence-corrected chi connectivity index (χ0v) is 21.3. The Labute approximate surface area is 216 Å². The van der Waals surface area contributed by atoms with E-state index < -0.39 is 0 Å². The third-order valence-corrected chi connectivity index (χ3v) is 6.66. The van der Waals surface area contributed by atoms with Crippen molar-refractivity contribution in [1.29, 1.82) is 0 Å². The predicted molar refractivity (Wildman–Crippen MR) is 145 cm³/mol. The molecule has 1 fully saturated rings. The Morgan fingerprint density at radius 3 is 2.81 bits per heavy atom. The number of aromatic nitrogens is 4. The molecule has 1 aromatic carbocycles. The molecule has 37 heavy (non-hydrogen) atoms. The number of likely N-dealkylation sites (N-methyl/N-ethyl adjacent to an activating group) is 1. The average Bonchev–Trinajstić information content (AvgIpc) is 3.31. The van der Waals surface area contributed by atoms with Crippen LogP contribution in [0, 0.1) is 0 Å². The predicted octanol–water partition coefficient (Wildman–Crippen LogP) is 3.62. The molecule has 1 aliphatic carbocycles. The average molecular weight is 500 g/mol. The van der Waals surface area contributed by atoms with Gasteiger partial charge < -0.3 is 20.3 Å². The van der Waals surface area contributed by atoms with Crippen LogP contribution in [0.2, 0.25) is 0 Å². The van der Waals surface area contributed by atoms with Gasteiger partial charge in [-0.2, -0.15) is 5.10 Å². The smallest absolute Gasteiger partial charge is 0.246 e. The van der Waals surface area contributed by atoms with Gasteiger partial charge in [0.25, 0.3) is 0 Å². The van der Waals surface area contributed by atoms with Crippen LogP contribution < -0.4 is 10.5 Å². The molecule has 9 heteroatoms. The number of carbonyl (C=O) groups excluding carboxylic acids is 1. The maximum atomic E-state index is 12.8. The number of anilines is 1. The third kappa shape index (κ3) is 5.56. The Kier molecular flexibility index (Phi) is 7.32. The number of nitrogens with zero attached hydrogens (tertiary/aromatic N) is 6. The first-order chi connectivity index (χ1) is 18.0. The number of piperidine rings is 1. The first kappa shape index (κ1) is 24.7. The second-order valence-electron chi connectivity index (χ2n) is 9.73. The van der Waals surface area contributed by atoms with Crippen molar-refractivity contribution >= 4 is 22.8 Å². The summed E-state index contributed by atoms with van der Waals surface area (Å²) >= 11 is 0. The number of rotatable bonds is 7. The van der Waals surface area contributed by atoms with Gasteiger partial charge in [0.1, 0.15) is 29.7 Å². The van der Waals surface area contributed by atoms with Crippen molar-refractivity contribution in [1.82, 2.24) is 29.5 Å². The number of allylic oxidation sites excluding steroid dienone is 2. The van der Waals surface area contributed by atoms with Gasteiger partial charge in [-0.1, -0.05) is 24.3 Å². The summed E-state index contributed by atoms with van der Waals surface area (Å²) in [5, 5.41) is 5.71. The molecule has 2 aromatic heterocycles. The van der Waals surface area contributed by atoms with Crippen molar-refractivity contribution < 1.29 is 9.53 Å². The fourth-order valence-corrected chi connectivity index (χ4v) is 4.79. The summed E-state index contributed by atoms with van der Waals surface area (Å²) < 4.78 is 8.00. The Hall–Kier alpha value is -3.98. The number of hydrogen-bond acceptors (Lipinski definition) is 7. The first-order valence-electron chi connectivity index (χ1n) is 12.7. The monoisotopic (exact) mass is 499 g/mol. The van der Waals surface area contributed by atoms with Crippen molar-refractivity contribution in [2.45, 2.75) is 31.4 Å². The molecule has 192 valence electrons. The Morgan fingerprint density at radius 1 is 1.22 bits per heavy atom. The van der Waals surface area contributed by atoms with Crippen LogP contribution in [0.5, 0.6) is 5.75 Å². The second kappa shape index (κ2) is 11.0. The van der Waals surface area contributed by atoms with Crippen LogP contribution >= 0.6 is 0 Å². The van der Waals surface area contributed by atoms with Crippen LogP contribution in [0.3, 0.4) is 0 Å². The molecule has 2 aliphatic rings. The van der Waals surface area contributed by atoms with E-state index in [0.717, 1.165) is 54.7 Å². The first-order valence-corrected chi connectivity index (χ1v) is 12.7. The van der Waals surface area contributed by atoms with Gasteiger partial charge in [-0.05, 0) is 57.3 Å². The minimum atomic E-state index is -0.000696. The Morgan fingerprint density at radius 2 is 2.05 bits per heavy atom. The molecule has 0 spiro atoms. The Balaban J connectivity index is 1.40. The molecule has 0 bridgehead atoms. The number of amides is 1. The number of carbonyl (C=O) groups is 1. The molecule has 0 radical (unpaired) electrons. The van der Waals surface area contributed by atoms with E-state index in [-0.39, 0.29) is 18.1 Å². The van der Waals surface area contributed by atoms with E-state index in [4.69, 9.17) is 15.6 Å². The largest absolute Gasteiger partial charge is 0.486 e. The van der Waals surface area contributed by atoms with Crippen molar-refractivity contribution in [2.75, 3.05) is 39.5 Å². The van der Waals surface area contributed by atoms with Gasteiger partial charge in [0.05, 0.1) is 11.4 Å². The van der Waals surface area contributed by atoms with Crippen LogP contribution in [0.25, 0.3) is 22.3 Å². The number of nitrogen functional groups attached to an aromatic ring is 1. The maximum absolute atomic E-state index is 12.8. The number of hydrogen-bond donors (Lipinski definition) is 1. The minimum absolute atomic E-state index is 0.000696. The van der Waals surface area contributed by atoms with E-state index in [2.05, 4.69) is 22.1 Å². The van der Waals surface area contributed by atoms with Gasteiger partial charge in [-0.3, -0.25) is 4.79 Å². The van der Waals surface area contributed by atoms with Crippen molar-refractivity contribution in [3.8, 4) is 17.0 Å². The van der Waals surface area contributed by atoms with E-state index >= 15 is 0 Å². The molecule has 9 nitrogen and oxygen atoms in total. The second-order valence-corrected chi connectivity index (χ2v) is 9.73. The van der Waals surface area contributed by atoms with Gasteiger partial charge in [0.2, 0.25) is 5.91 Å². The summed E-state index contributed by atoms with van der Waals surface area (Å²) in [6.07, 6.45) is 15.9. The summed E-state index contributed by atoms with van der Waals surface area (Å²) in [4.78, 5) is 25.5. The van der Waals surface area contributed by atoms with E-state index in [1.54, 1.807) is 6.08 Å². The van der Waals surface area contributed by atoms with Gasteiger partial charge >= 0.3 is 0 Å². The molecule has 1 saturated heterocycles. The standard InChI is InChI=1S/C28H33N7O2/c1-33(2)16-7-11-24(36)34-17-6-8-21(18-34)35-28-25(27(29)30-19-31-28)26(32-35)20-12-14-23(15-13-20)37-22-9-4-3-5-10-22/h3-5,7,9,11-15,19,21-22H,6,8,10,16-18H2,1-2H3,(H2,29,30,31)/b11-7+. The molecule has 2 unspecified atom stereocenters. The quantitative estimate of drug-likeness (QED) is 0.495. The van der Waals surface area contributed by atoms with Gasteiger partial charge in [-0.15, -0.1) is 0 Å². The zero-order valence-electron chi connectivity index (χ0n) is 21.3. The molecule has 1 amide bonds. The maximum Gasteiger partial charge on any atom is 0.246 e. The lowest BCUT2D eigenvalue weighted by Crippen LogP contribution is -2.40. The fourth-order valence-electron chi connectivity index (χ4n) is 4.79.